The van der Waals surface area contributed by atoms with Crippen LogP contribution in [0, 0.1) is 6.92 Å². The van der Waals surface area contributed by atoms with Gasteiger partial charge in [0.1, 0.15) is 5.82 Å². The van der Waals surface area contributed by atoms with Crippen molar-refractivity contribution in [3.63, 3.8) is 0 Å². The van der Waals surface area contributed by atoms with Gasteiger partial charge in [-0.15, -0.1) is 0 Å². The van der Waals surface area contributed by atoms with Crippen LogP contribution in [0.25, 0.3) is 11.4 Å². The monoisotopic (exact) mass is 357 g/mol. The fourth-order valence-electron chi connectivity index (χ4n) is 2.60. The maximum Gasteiger partial charge on any atom is 0.229 e. The first kappa shape index (κ1) is 15.8. The fraction of sp³-hybridized carbons (Fsp3) is 0.294. The summed E-state index contributed by atoms with van der Waals surface area (Å²) in [5, 5.41) is 14.0. The molecule has 2 N–H and O–H groups in total. The molecule has 1 amide bonds. The Morgan fingerprint density at radius 1 is 1.44 bits per heavy atom. The SMILES string of the molecule is Cc1noc(Cl)c1CC(=O)Nc1cccc(-c2n[nH]c(C3CC3)n2)c1. The summed E-state index contributed by atoms with van der Waals surface area (Å²) in [4.78, 5) is 16.8. The molecule has 128 valence electrons. The molecule has 0 unspecified atom stereocenters. The molecule has 1 aliphatic carbocycles. The van der Waals surface area contributed by atoms with Crippen molar-refractivity contribution >= 4 is 23.2 Å². The second kappa shape index (κ2) is 6.33. The van der Waals surface area contributed by atoms with E-state index in [1.54, 1.807) is 6.92 Å². The molecule has 7 nitrogen and oxygen atoms in total. The van der Waals surface area contributed by atoms with Gasteiger partial charge in [0, 0.05) is 22.7 Å². The van der Waals surface area contributed by atoms with E-state index >= 15 is 0 Å². The topological polar surface area (TPSA) is 96.7 Å². The van der Waals surface area contributed by atoms with Gasteiger partial charge in [0.2, 0.25) is 11.1 Å². The van der Waals surface area contributed by atoms with Crippen LogP contribution < -0.4 is 5.32 Å². The Kier molecular flexibility index (Phi) is 4.01. The number of benzene rings is 1. The molecule has 3 aromatic rings. The minimum atomic E-state index is -0.195. The molecular formula is C17H16ClN5O2. The van der Waals surface area contributed by atoms with E-state index in [0.29, 0.717) is 28.7 Å². The molecule has 1 aliphatic rings. The zero-order valence-corrected chi connectivity index (χ0v) is 14.3. The number of hydrogen-bond donors (Lipinski definition) is 2. The number of carbonyl (C=O) groups excluding carboxylic acids is 1. The van der Waals surface area contributed by atoms with Gasteiger partial charge < -0.3 is 9.84 Å². The summed E-state index contributed by atoms with van der Waals surface area (Å²) in [5.74, 6) is 1.89. The lowest BCUT2D eigenvalue weighted by Crippen LogP contribution is -2.14. The molecule has 0 spiro atoms. The molecule has 0 saturated heterocycles. The van der Waals surface area contributed by atoms with Gasteiger partial charge in [0.15, 0.2) is 5.82 Å². The Morgan fingerprint density at radius 2 is 2.28 bits per heavy atom. The van der Waals surface area contributed by atoms with Crippen LogP contribution in [0.3, 0.4) is 0 Å². The normalized spacial score (nSPS) is 13.8. The van der Waals surface area contributed by atoms with Crippen molar-refractivity contribution in [3.05, 3.63) is 46.6 Å². The first-order valence-electron chi connectivity index (χ1n) is 8.03. The summed E-state index contributed by atoms with van der Waals surface area (Å²) < 4.78 is 4.87. The van der Waals surface area contributed by atoms with E-state index in [4.69, 9.17) is 16.1 Å². The summed E-state index contributed by atoms with van der Waals surface area (Å²) in [7, 11) is 0. The third kappa shape index (κ3) is 3.41. The molecule has 8 heteroatoms. The van der Waals surface area contributed by atoms with E-state index in [2.05, 4.69) is 25.7 Å². The molecule has 2 heterocycles. The molecule has 0 aliphatic heterocycles. The summed E-state index contributed by atoms with van der Waals surface area (Å²) in [6.07, 6.45) is 2.43. The van der Waals surface area contributed by atoms with E-state index in [1.807, 2.05) is 24.3 Å². The highest BCUT2D eigenvalue weighted by atomic mass is 35.5. The maximum absolute atomic E-state index is 12.3. The number of anilines is 1. The van der Waals surface area contributed by atoms with E-state index < -0.39 is 0 Å². The summed E-state index contributed by atoms with van der Waals surface area (Å²) >= 11 is 5.90. The number of rotatable bonds is 5. The number of hydrogen-bond acceptors (Lipinski definition) is 5. The number of amides is 1. The standard InChI is InChI=1S/C17H16ClN5O2/c1-9-13(15(18)25-23-9)8-14(24)19-12-4-2-3-11(7-12)17-20-16(21-22-17)10-5-6-10/h2-4,7,10H,5-6,8H2,1H3,(H,19,24)(H,20,21,22). The zero-order chi connectivity index (χ0) is 17.4. The summed E-state index contributed by atoms with van der Waals surface area (Å²) in [5.41, 5.74) is 2.73. The van der Waals surface area contributed by atoms with Crippen LogP contribution in [0.4, 0.5) is 5.69 Å². The first-order chi connectivity index (χ1) is 12.1. The predicted octanol–water partition coefficient (Wildman–Crippen LogP) is 3.48. The second-order valence-corrected chi connectivity index (χ2v) is 6.49. The lowest BCUT2D eigenvalue weighted by Gasteiger charge is -2.06. The van der Waals surface area contributed by atoms with Gasteiger partial charge in [-0.05, 0) is 43.5 Å². The highest BCUT2D eigenvalue weighted by Gasteiger charge is 2.27. The Labute approximate surface area is 148 Å². The van der Waals surface area contributed by atoms with E-state index in [0.717, 1.165) is 24.2 Å². The third-order valence-corrected chi connectivity index (χ3v) is 4.44. The van der Waals surface area contributed by atoms with E-state index in [9.17, 15) is 4.79 Å². The number of aromatic nitrogens is 4. The van der Waals surface area contributed by atoms with Crippen LogP contribution in [0.2, 0.25) is 5.22 Å². The zero-order valence-electron chi connectivity index (χ0n) is 13.5. The highest BCUT2D eigenvalue weighted by Crippen LogP contribution is 2.38. The summed E-state index contributed by atoms with van der Waals surface area (Å²) in [6.45, 7) is 1.75. The van der Waals surface area contributed by atoms with Crippen LogP contribution in [0.5, 0.6) is 0 Å². The molecule has 4 rings (SSSR count). The van der Waals surface area contributed by atoms with Gasteiger partial charge >= 0.3 is 0 Å². The fourth-order valence-corrected chi connectivity index (χ4v) is 2.84. The van der Waals surface area contributed by atoms with Gasteiger partial charge in [-0.3, -0.25) is 9.89 Å². The van der Waals surface area contributed by atoms with Crippen LogP contribution in [-0.4, -0.2) is 26.2 Å². The number of carbonyl (C=O) groups is 1. The maximum atomic E-state index is 12.3. The molecule has 1 aromatic carbocycles. The largest absolute Gasteiger partial charge is 0.344 e. The van der Waals surface area contributed by atoms with Gasteiger partial charge in [0.05, 0.1) is 12.1 Å². The number of nitrogens with zero attached hydrogens (tertiary/aromatic N) is 3. The number of halogens is 1. The Balaban J connectivity index is 1.48. The van der Waals surface area contributed by atoms with Crippen molar-refractivity contribution in [2.75, 3.05) is 5.32 Å². The van der Waals surface area contributed by atoms with Crippen molar-refractivity contribution in [1.29, 1.82) is 0 Å². The van der Waals surface area contributed by atoms with Gasteiger partial charge in [-0.2, -0.15) is 5.10 Å². The van der Waals surface area contributed by atoms with Crippen LogP contribution >= 0.6 is 11.6 Å². The Hall–Kier alpha value is -2.67. The van der Waals surface area contributed by atoms with Crippen LogP contribution in [0.1, 0.15) is 35.8 Å². The quantitative estimate of drug-likeness (QED) is 0.728. The second-order valence-electron chi connectivity index (χ2n) is 6.14. The highest BCUT2D eigenvalue weighted by molar-refractivity contribution is 6.29. The number of aromatic amines is 1. The minimum absolute atomic E-state index is 0.102. The predicted molar refractivity (Wildman–Crippen MR) is 92.4 cm³/mol. The molecule has 25 heavy (non-hydrogen) atoms. The third-order valence-electron chi connectivity index (χ3n) is 4.15. The van der Waals surface area contributed by atoms with Crippen molar-refractivity contribution < 1.29 is 9.32 Å². The molecule has 1 saturated carbocycles. The van der Waals surface area contributed by atoms with Crippen LogP contribution in [0.15, 0.2) is 28.8 Å². The van der Waals surface area contributed by atoms with Crippen LogP contribution in [-0.2, 0) is 11.2 Å². The lowest BCUT2D eigenvalue weighted by atomic mass is 10.1. The van der Waals surface area contributed by atoms with E-state index in [-0.39, 0.29) is 17.5 Å². The van der Waals surface area contributed by atoms with Crippen molar-refractivity contribution in [2.24, 2.45) is 0 Å². The Morgan fingerprint density at radius 3 is 3.00 bits per heavy atom. The molecule has 0 bridgehead atoms. The van der Waals surface area contributed by atoms with Crippen molar-refractivity contribution in [3.8, 4) is 11.4 Å². The molecule has 0 radical (unpaired) electrons. The summed E-state index contributed by atoms with van der Waals surface area (Å²) in [6, 6.07) is 7.43. The van der Waals surface area contributed by atoms with Crippen molar-refractivity contribution in [2.45, 2.75) is 32.1 Å². The average Bonchev–Trinajstić information content (AvgIpc) is 3.26. The lowest BCUT2D eigenvalue weighted by molar-refractivity contribution is -0.115. The smallest absolute Gasteiger partial charge is 0.229 e. The molecule has 0 atom stereocenters. The number of H-pyrrole nitrogens is 1. The Bertz CT molecular complexity index is 909. The minimum Gasteiger partial charge on any atom is -0.344 e. The van der Waals surface area contributed by atoms with Gasteiger partial charge in [-0.1, -0.05) is 17.3 Å². The average molecular weight is 358 g/mol. The molecule has 1 fully saturated rings. The first-order valence-corrected chi connectivity index (χ1v) is 8.41. The van der Waals surface area contributed by atoms with E-state index in [1.165, 1.54) is 0 Å². The van der Waals surface area contributed by atoms with Gasteiger partial charge in [-0.25, -0.2) is 4.98 Å². The molecular weight excluding hydrogens is 342 g/mol. The molecule has 2 aromatic heterocycles. The van der Waals surface area contributed by atoms with Crippen molar-refractivity contribution in [1.82, 2.24) is 20.3 Å². The number of aryl methyl sites for hydroxylation is 1. The van der Waals surface area contributed by atoms with Gasteiger partial charge in [0.25, 0.3) is 0 Å². The number of nitrogens with one attached hydrogen (secondary N) is 2.